The van der Waals surface area contributed by atoms with Crippen molar-refractivity contribution in [2.75, 3.05) is 0 Å². The van der Waals surface area contributed by atoms with Crippen molar-refractivity contribution in [2.45, 2.75) is 13.3 Å². The third-order valence-corrected chi connectivity index (χ3v) is 1.06. The predicted octanol–water partition coefficient (Wildman–Crippen LogP) is 0.683. The molecule has 1 heterocycles. The van der Waals surface area contributed by atoms with Gasteiger partial charge in [0.2, 0.25) is 0 Å². The van der Waals surface area contributed by atoms with Crippen LogP contribution in [0.3, 0.4) is 0 Å². The van der Waals surface area contributed by atoms with Crippen molar-refractivity contribution < 1.29 is 5.21 Å². The van der Waals surface area contributed by atoms with Gasteiger partial charge in [0.25, 0.3) is 0 Å². The van der Waals surface area contributed by atoms with E-state index in [1.165, 1.54) is 6.33 Å². The summed E-state index contributed by atoms with van der Waals surface area (Å²) in [5.74, 6) is 0. The van der Waals surface area contributed by atoms with Crippen molar-refractivity contribution in [3.8, 4) is 0 Å². The van der Waals surface area contributed by atoms with Crippen LogP contribution in [0.5, 0.6) is 0 Å². The second-order valence-electron chi connectivity index (χ2n) is 1.58. The molecule has 3 nitrogen and oxygen atoms in total. The van der Waals surface area contributed by atoms with Crippen LogP contribution in [0.2, 0.25) is 0 Å². The first kappa shape index (κ1) is 5.15. The molecule has 8 heavy (non-hydrogen) atoms. The van der Waals surface area contributed by atoms with E-state index in [-0.39, 0.29) is 0 Å². The molecule has 0 amide bonds. The third kappa shape index (κ3) is 0.665. The summed E-state index contributed by atoms with van der Waals surface area (Å²) < 4.78 is 1.03. The first-order chi connectivity index (χ1) is 3.84. The van der Waals surface area contributed by atoms with Crippen molar-refractivity contribution >= 4 is 0 Å². The maximum Gasteiger partial charge on any atom is 0.131 e. The minimum absolute atomic E-state index is 0.816. The van der Waals surface area contributed by atoms with Crippen LogP contribution >= 0.6 is 0 Å². The lowest BCUT2D eigenvalue weighted by Gasteiger charge is -1.91. The van der Waals surface area contributed by atoms with E-state index < -0.39 is 0 Å². The van der Waals surface area contributed by atoms with E-state index in [0.29, 0.717) is 0 Å². The Morgan fingerprint density at radius 1 is 1.88 bits per heavy atom. The number of rotatable bonds is 1. The second kappa shape index (κ2) is 1.86. The first-order valence-electron chi connectivity index (χ1n) is 2.55. The maximum absolute atomic E-state index is 8.80. The van der Waals surface area contributed by atoms with Crippen LogP contribution in [-0.2, 0) is 6.42 Å². The SMILES string of the molecule is CCc1cncn1O. The molecule has 44 valence electrons. The van der Waals surface area contributed by atoms with Gasteiger partial charge in [-0.05, 0) is 6.42 Å². The Labute approximate surface area is 47.5 Å². The van der Waals surface area contributed by atoms with Crippen LogP contribution in [0.4, 0.5) is 0 Å². The van der Waals surface area contributed by atoms with Crippen LogP contribution in [0.15, 0.2) is 12.5 Å². The quantitative estimate of drug-likeness (QED) is 0.542. The Kier molecular flexibility index (Phi) is 1.20. The molecule has 0 saturated carbocycles. The fourth-order valence-electron chi connectivity index (χ4n) is 0.569. The highest BCUT2D eigenvalue weighted by Crippen LogP contribution is 1.93. The van der Waals surface area contributed by atoms with Crippen LogP contribution in [0.1, 0.15) is 12.6 Å². The van der Waals surface area contributed by atoms with Gasteiger partial charge in [0.1, 0.15) is 6.33 Å². The molecule has 0 saturated heterocycles. The van der Waals surface area contributed by atoms with Gasteiger partial charge in [0.15, 0.2) is 0 Å². The normalized spacial score (nSPS) is 9.62. The summed E-state index contributed by atoms with van der Waals surface area (Å²) in [6.45, 7) is 1.96. The van der Waals surface area contributed by atoms with Gasteiger partial charge in [-0.2, -0.15) is 4.73 Å². The minimum atomic E-state index is 0.816. The van der Waals surface area contributed by atoms with Crippen LogP contribution in [0, 0.1) is 0 Å². The van der Waals surface area contributed by atoms with E-state index in [1.54, 1.807) is 6.20 Å². The van der Waals surface area contributed by atoms with Crippen molar-refractivity contribution in [1.82, 2.24) is 9.71 Å². The second-order valence-corrected chi connectivity index (χ2v) is 1.58. The monoisotopic (exact) mass is 112 g/mol. The molecule has 0 aliphatic carbocycles. The van der Waals surface area contributed by atoms with E-state index in [1.807, 2.05) is 6.92 Å². The Hall–Kier alpha value is -0.990. The molecular formula is C5H8N2O. The molecule has 0 aromatic carbocycles. The van der Waals surface area contributed by atoms with E-state index >= 15 is 0 Å². The first-order valence-corrected chi connectivity index (χ1v) is 2.55. The summed E-state index contributed by atoms with van der Waals surface area (Å²) in [6, 6.07) is 0. The van der Waals surface area contributed by atoms with Gasteiger partial charge in [-0.1, -0.05) is 6.92 Å². The molecule has 1 aromatic rings. The molecule has 1 aromatic heterocycles. The molecule has 0 atom stereocenters. The maximum atomic E-state index is 8.80. The molecule has 0 unspecified atom stereocenters. The number of aryl methyl sites for hydroxylation is 1. The van der Waals surface area contributed by atoms with E-state index in [0.717, 1.165) is 16.8 Å². The number of hydrogen-bond acceptors (Lipinski definition) is 2. The lowest BCUT2D eigenvalue weighted by Crippen LogP contribution is -1.92. The zero-order chi connectivity index (χ0) is 5.98. The van der Waals surface area contributed by atoms with Crippen LogP contribution in [-0.4, -0.2) is 14.9 Å². The number of aromatic nitrogens is 2. The van der Waals surface area contributed by atoms with E-state index in [9.17, 15) is 0 Å². The molecule has 0 spiro atoms. The Morgan fingerprint density at radius 3 is 2.88 bits per heavy atom. The molecule has 0 aliphatic rings. The van der Waals surface area contributed by atoms with Gasteiger partial charge in [0, 0.05) is 0 Å². The zero-order valence-corrected chi connectivity index (χ0v) is 4.70. The average molecular weight is 112 g/mol. The summed E-state index contributed by atoms with van der Waals surface area (Å²) in [4.78, 5) is 3.71. The van der Waals surface area contributed by atoms with E-state index in [2.05, 4.69) is 4.98 Å². The molecule has 0 radical (unpaired) electrons. The number of nitrogens with zero attached hydrogens (tertiary/aromatic N) is 2. The molecular weight excluding hydrogens is 104 g/mol. The fourth-order valence-corrected chi connectivity index (χ4v) is 0.569. The largest absolute Gasteiger partial charge is 0.427 e. The third-order valence-electron chi connectivity index (χ3n) is 1.06. The number of imidazole rings is 1. The topological polar surface area (TPSA) is 38.0 Å². The smallest absolute Gasteiger partial charge is 0.131 e. The van der Waals surface area contributed by atoms with Crippen molar-refractivity contribution in [2.24, 2.45) is 0 Å². The zero-order valence-electron chi connectivity index (χ0n) is 4.70. The minimum Gasteiger partial charge on any atom is -0.427 e. The number of hydrogen-bond donors (Lipinski definition) is 1. The summed E-state index contributed by atoms with van der Waals surface area (Å²) in [5, 5.41) is 8.80. The van der Waals surface area contributed by atoms with Gasteiger partial charge in [-0.15, -0.1) is 0 Å². The van der Waals surface area contributed by atoms with Crippen LogP contribution < -0.4 is 0 Å². The predicted molar refractivity (Wildman–Crippen MR) is 28.8 cm³/mol. The lowest BCUT2D eigenvalue weighted by molar-refractivity contribution is 0.177. The van der Waals surface area contributed by atoms with Gasteiger partial charge >= 0.3 is 0 Å². The standard InChI is InChI=1S/C5H8N2O/c1-2-5-3-6-4-7(5)8/h3-4,8H,2H2,1H3. The lowest BCUT2D eigenvalue weighted by atomic mass is 10.4. The highest BCUT2D eigenvalue weighted by Gasteiger charge is 1.92. The van der Waals surface area contributed by atoms with Gasteiger partial charge in [-0.3, -0.25) is 0 Å². The molecule has 3 heteroatoms. The van der Waals surface area contributed by atoms with Gasteiger partial charge in [0.05, 0.1) is 11.9 Å². The van der Waals surface area contributed by atoms with Crippen LogP contribution in [0.25, 0.3) is 0 Å². The molecule has 1 N–H and O–H groups in total. The Morgan fingerprint density at radius 2 is 2.62 bits per heavy atom. The summed E-state index contributed by atoms with van der Waals surface area (Å²) >= 11 is 0. The fraction of sp³-hybridized carbons (Fsp3) is 0.400. The molecule has 0 bridgehead atoms. The Balaban J connectivity index is 2.92. The highest BCUT2D eigenvalue weighted by molar-refractivity contribution is 4.94. The van der Waals surface area contributed by atoms with E-state index in [4.69, 9.17) is 5.21 Å². The van der Waals surface area contributed by atoms with Crippen molar-refractivity contribution in [1.29, 1.82) is 0 Å². The summed E-state index contributed by atoms with van der Waals surface area (Å²) in [5.41, 5.74) is 0.838. The van der Waals surface area contributed by atoms with Gasteiger partial charge in [-0.25, -0.2) is 4.98 Å². The summed E-state index contributed by atoms with van der Waals surface area (Å²) in [7, 11) is 0. The van der Waals surface area contributed by atoms with Crippen molar-refractivity contribution in [3.63, 3.8) is 0 Å². The average Bonchev–Trinajstić information content (AvgIpc) is 2.14. The Bertz CT molecular complexity index is 171. The highest BCUT2D eigenvalue weighted by atomic mass is 16.5. The summed E-state index contributed by atoms with van der Waals surface area (Å²) in [6.07, 6.45) is 3.83. The van der Waals surface area contributed by atoms with Gasteiger partial charge < -0.3 is 5.21 Å². The molecule has 0 fully saturated rings. The van der Waals surface area contributed by atoms with Crippen molar-refractivity contribution in [3.05, 3.63) is 18.2 Å². The molecule has 0 aliphatic heterocycles. The molecule has 1 rings (SSSR count).